The van der Waals surface area contributed by atoms with Gasteiger partial charge in [-0.05, 0) is 55.5 Å². The molecule has 0 spiro atoms. The number of fused-ring (bicyclic) bond motifs is 1. The lowest BCUT2D eigenvalue weighted by molar-refractivity contribution is -0.133. The van der Waals surface area contributed by atoms with Gasteiger partial charge in [-0.1, -0.05) is 6.07 Å². The van der Waals surface area contributed by atoms with E-state index in [1.807, 2.05) is 29.3 Å². The van der Waals surface area contributed by atoms with Gasteiger partial charge in [0.1, 0.15) is 17.8 Å². The van der Waals surface area contributed by atoms with Crippen molar-refractivity contribution in [3.63, 3.8) is 0 Å². The molecule has 0 unspecified atom stereocenters. The number of aromatic amines is 1. The standard InChI is InChI=1S/C28H32N8O2/c1-18(35-9-11-36(12-10-35)26(37)13-19-3-4-19)20-7-8-30-25(15-20)34-28-32-22-6-5-21(14-23(22)33-28)27-24(38-2)16-29-17-31-27/h5-8,14-19H,3-4,9-13H2,1-2H3,(H2,30,32,33,34)/t18-/m1/s1. The Labute approximate surface area is 221 Å². The van der Waals surface area contributed by atoms with E-state index in [0.29, 0.717) is 23.5 Å². The molecular weight excluding hydrogens is 480 g/mol. The maximum Gasteiger partial charge on any atom is 0.222 e. The van der Waals surface area contributed by atoms with Crippen LogP contribution >= 0.6 is 0 Å². The van der Waals surface area contributed by atoms with E-state index in [2.05, 4.69) is 54.2 Å². The van der Waals surface area contributed by atoms with Gasteiger partial charge < -0.3 is 19.9 Å². The zero-order chi connectivity index (χ0) is 26.1. The van der Waals surface area contributed by atoms with Crippen molar-refractivity contribution >= 4 is 28.7 Å². The minimum atomic E-state index is 0.223. The van der Waals surface area contributed by atoms with Gasteiger partial charge in [0.05, 0.1) is 24.3 Å². The van der Waals surface area contributed by atoms with Crippen LogP contribution in [-0.4, -0.2) is 73.9 Å². The van der Waals surface area contributed by atoms with E-state index in [9.17, 15) is 4.79 Å². The fraction of sp³-hybridized carbons (Fsp3) is 0.393. The minimum absolute atomic E-state index is 0.223. The summed E-state index contributed by atoms with van der Waals surface area (Å²) in [4.78, 5) is 37.9. The Hall–Kier alpha value is -4.05. The number of rotatable bonds is 8. The number of carbonyl (C=O) groups excluding carboxylic acids is 1. The first kappa shape index (κ1) is 24.3. The Morgan fingerprint density at radius 1 is 1.16 bits per heavy atom. The summed E-state index contributed by atoms with van der Waals surface area (Å²) in [6.07, 6.45) is 8.15. The number of nitrogens with one attached hydrogen (secondary N) is 2. The summed E-state index contributed by atoms with van der Waals surface area (Å²) in [6, 6.07) is 10.3. The lowest BCUT2D eigenvalue weighted by Gasteiger charge is -2.38. The van der Waals surface area contributed by atoms with E-state index in [4.69, 9.17) is 4.74 Å². The number of nitrogens with zero attached hydrogens (tertiary/aromatic N) is 6. The Bertz CT molecular complexity index is 1440. The quantitative estimate of drug-likeness (QED) is 0.362. The van der Waals surface area contributed by atoms with Crippen LogP contribution in [0.25, 0.3) is 22.3 Å². The molecular formula is C28H32N8O2. The van der Waals surface area contributed by atoms with Gasteiger partial charge in [0.25, 0.3) is 0 Å². The van der Waals surface area contributed by atoms with E-state index in [-0.39, 0.29) is 6.04 Å². The summed E-state index contributed by atoms with van der Waals surface area (Å²) in [5.74, 6) is 2.92. The fourth-order valence-electron chi connectivity index (χ4n) is 5.06. The maximum atomic E-state index is 12.5. The molecule has 1 amide bonds. The molecule has 10 nitrogen and oxygen atoms in total. The van der Waals surface area contributed by atoms with Crippen molar-refractivity contribution in [3.05, 3.63) is 54.6 Å². The lowest BCUT2D eigenvalue weighted by Crippen LogP contribution is -2.49. The molecule has 196 valence electrons. The number of benzene rings is 1. The summed E-state index contributed by atoms with van der Waals surface area (Å²) < 4.78 is 5.41. The van der Waals surface area contributed by atoms with Crippen molar-refractivity contribution in [2.75, 3.05) is 38.6 Å². The van der Waals surface area contributed by atoms with Crippen molar-refractivity contribution in [2.45, 2.75) is 32.2 Å². The van der Waals surface area contributed by atoms with Crippen molar-refractivity contribution in [2.24, 2.45) is 5.92 Å². The molecule has 2 aliphatic rings. The van der Waals surface area contributed by atoms with Crippen LogP contribution in [0, 0.1) is 5.92 Å². The van der Waals surface area contributed by atoms with E-state index < -0.39 is 0 Å². The number of imidazole rings is 1. The Morgan fingerprint density at radius 2 is 2.00 bits per heavy atom. The molecule has 2 fully saturated rings. The molecule has 4 heterocycles. The third-order valence-electron chi connectivity index (χ3n) is 7.54. The number of piperazine rings is 1. The molecule has 3 aromatic heterocycles. The van der Waals surface area contributed by atoms with Gasteiger partial charge in [-0.3, -0.25) is 9.69 Å². The summed E-state index contributed by atoms with van der Waals surface area (Å²) >= 11 is 0. The molecule has 0 bridgehead atoms. The molecule has 1 saturated carbocycles. The van der Waals surface area contributed by atoms with Crippen LogP contribution in [0.3, 0.4) is 0 Å². The molecule has 0 radical (unpaired) electrons. The second-order valence-corrected chi connectivity index (χ2v) is 10.1. The number of pyridine rings is 1. The Balaban J connectivity index is 1.13. The molecule has 1 saturated heterocycles. The number of hydrogen-bond donors (Lipinski definition) is 2. The normalized spacial score (nSPS) is 16.9. The summed E-state index contributed by atoms with van der Waals surface area (Å²) in [5.41, 5.74) is 4.53. The number of H-pyrrole nitrogens is 1. The Morgan fingerprint density at radius 3 is 2.79 bits per heavy atom. The van der Waals surface area contributed by atoms with Crippen LogP contribution in [-0.2, 0) is 4.79 Å². The Kier molecular flexibility index (Phi) is 6.63. The molecule has 4 aromatic rings. The zero-order valence-electron chi connectivity index (χ0n) is 21.7. The van der Waals surface area contributed by atoms with Crippen molar-refractivity contribution in [1.29, 1.82) is 0 Å². The number of carbonyl (C=O) groups is 1. The number of aromatic nitrogens is 5. The van der Waals surface area contributed by atoms with Gasteiger partial charge in [-0.2, -0.15) is 0 Å². The summed E-state index contributed by atoms with van der Waals surface area (Å²) in [5, 5.41) is 3.32. The summed E-state index contributed by atoms with van der Waals surface area (Å²) in [7, 11) is 1.61. The van der Waals surface area contributed by atoms with Crippen molar-refractivity contribution in [3.8, 4) is 17.0 Å². The molecule has 2 N–H and O–H groups in total. The molecule has 6 rings (SSSR count). The number of amides is 1. The highest BCUT2D eigenvalue weighted by atomic mass is 16.5. The average molecular weight is 513 g/mol. The third-order valence-corrected chi connectivity index (χ3v) is 7.54. The van der Waals surface area contributed by atoms with Gasteiger partial charge in [-0.25, -0.2) is 19.9 Å². The second-order valence-electron chi connectivity index (χ2n) is 10.1. The van der Waals surface area contributed by atoms with Crippen molar-refractivity contribution < 1.29 is 9.53 Å². The van der Waals surface area contributed by atoms with E-state index in [1.165, 1.54) is 24.7 Å². The van der Waals surface area contributed by atoms with Crippen molar-refractivity contribution in [1.82, 2.24) is 34.7 Å². The maximum absolute atomic E-state index is 12.5. The largest absolute Gasteiger partial charge is 0.493 e. The van der Waals surface area contributed by atoms with E-state index >= 15 is 0 Å². The number of methoxy groups -OCH3 is 1. The number of hydrogen-bond acceptors (Lipinski definition) is 8. The highest BCUT2D eigenvalue weighted by molar-refractivity contribution is 5.84. The molecule has 1 aromatic carbocycles. The lowest BCUT2D eigenvalue weighted by atomic mass is 10.1. The van der Waals surface area contributed by atoms with Gasteiger partial charge in [0.15, 0.2) is 5.75 Å². The van der Waals surface area contributed by atoms with E-state index in [0.717, 1.165) is 60.7 Å². The SMILES string of the molecule is COc1cncnc1-c1ccc2nc(Nc3cc([C@@H](C)N4CCN(C(=O)CC5CC5)CC4)ccn3)[nH]c2c1. The van der Waals surface area contributed by atoms with Gasteiger partial charge >= 0.3 is 0 Å². The second kappa shape index (κ2) is 10.4. The first-order chi connectivity index (χ1) is 18.6. The zero-order valence-corrected chi connectivity index (χ0v) is 21.7. The minimum Gasteiger partial charge on any atom is -0.493 e. The molecule has 1 aliphatic carbocycles. The highest BCUT2D eigenvalue weighted by Gasteiger charge is 2.29. The first-order valence-electron chi connectivity index (χ1n) is 13.2. The first-order valence-corrected chi connectivity index (χ1v) is 13.2. The number of ether oxygens (including phenoxy) is 1. The van der Waals surface area contributed by atoms with Crippen LogP contribution in [0.4, 0.5) is 11.8 Å². The predicted octanol–water partition coefficient (Wildman–Crippen LogP) is 4.17. The topological polar surface area (TPSA) is 112 Å². The van der Waals surface area contributed by atoms with Gasteiger partial charge in [0, 0.05) is 50.4 Å². The smallest absolute Gasteiger partial charge is 0.222 e. The van der Waals surface area contributed by atoms with Crippen LogP contribution in [0.1, 0.15) is 37.8 Å². The summed E-state index contributed by atoms with van der Waals surface area (Å²) in [6.45, 7) is 5.57. The average Bonchev–Trinajstić information content (AvgIpc) is 3.68. The molecule has 38 heavy (non-hydrogen) atoms. The molecule has 10 heteroatoms. The number of anilines is 2. The van der Waals surface area contributed by atoms with Crippen LogP contribution < -0.4 is 10.1 Å². The van der Waals surface area contributed by atoms with E-state index in [1.54, 1.807) is 13.3 Å². The monoisotopic (exact) mass is 512 g/mol. The molecule has 1 atom stereocenters. The predicted molar refractivity (Wildman–Crippen MR) is 145 cm³/mol. The van der Waals surface area contributed by atoms with Gasteiger partial charge in [0.2, 0.25) is 11.9 Å². The highest BCUT2D eigenvalue weighted by Crippen LogP contribution is 2.33. The van der Waals surface area contributed by atoms with Crippen LogP contribution in [0.2, 0.25) is 0 Å². The van der Waals surface area contributed by atoms with Crippen LogP contribution in [0.5, 0.6) is 5.75 Å². The van der Waals surface area contributed by atoms with Gasteiger partial charge in [-0.15, -0.1) is 0 Å². The molecule has 1 aliphatic heterocycles. The third kappa shape index (κ3) is 5.17. The van der Waals surface area contributed by atoms with Crippen LogP contribution in [0.15, 0.2) is 49.1 Å². The fourth-order valence-corrected chi connectivity index (χ4v) is 5.06.